The van der Waals surface area contributed by atoms with Gasteiger partial charge in [-0.2, -0.15) is 0 Å². The summed E-state index contributed by atoms with van der Waals surface area (Å²) >= 11 is 0. The van der Waals surface area contributed by atoms with Gasteiger partial charge in [-0.15, -0.1) is 0 Å². The monoisotopic (exact) mass is 734 g/mol. The molecule has 0 bridgehead atoms. The van der Waals surface area contributed by atoms with E-state index in [1.165, 1.54) is 110 Å². The van der Waals surface area contributed by atoms with Crippen LogP contribution >= 0.6 is 0 Å². The van der Waals surface area contributed by atoms with E-state index >= 15 is 0 Å². The third kappa shape index (κ3) is 6.04. The van der Waals surface area contributed by atoms with E-state index in [2.05, 4.69) is 231 Å². The van der Waals surface area contributed by atoms with Gasteiger partial charge in [-0.3, -0.25) is 0 Å². The molecule has 0 unspecified atom stereocenters. The Hall–Kier alpha value is -7.54. The van der Waals surface area contributed by atoms with Crippen LogP contribution in [0.3, 0.4) is 0 Å². The first kappa shape index (κ1) is 33.8. The third-order valence-corrected chi connectivity index (χ3v) is 11.8. The van der Waals surface area contributed by atoms with E-state index in [0.29, 0.717) is 0 Å². The summed E-state index contributed by atoms with van der Waals surface area (Å²) in [6.07, 6.45) is 0. The molecule has 58 heavy (non-hydrogen) atoms. The highest BCUT2D eigenvalue weighted by Crippen LogP contribution is 2.41. The highest BCUT2D eigenvalue weighted by atomic mass is 14.2. The second-order valence-corrected chi connectivity index (χ2v) is 15.3. The van der Waals surface area contributed by atoms with Gasteiger partial charge in [0.25, 0.3) is 0 Å². The van der Waals surface area contributed by atoms with Crippen LogP contribution < -0.4 is 0 Å². The fourth-order valence-electron chi connectivity index (χ4n) is 8.90. The Bertz CT molecular complexity index is 3300. The lowest BCUT2D eigenvalue weighted by Crippen LogP contribution is -1.89. The van der Waals surface area contributed by atoms with Gasteiger partial charge in [0, 0.05) is 0 Å². The Kier molecular flexibility index (Phi) is 8.26. The van der Waals surface area contributed by atoms with Crippen molar-refractivity contribution in [2.45, 2.75) is 0 Å². The van der Waals surface area contributed by atoms with Gasteiger partial charge in [0.05, 0.1) is 0 Å². The van der Waals surface area contributed by atoms with Crippen LogP contribution in [-0.2, 0) is 0 Å². The van der Waals surface area contributed by atoms with Crippen molar-refractivity contribution in [3.63, 3.8) is 0 Å². The molecule has 0 amide bonds. The maximum Gasteiger partial charge on any atom is -0.00268 e. The Labute approximate surface area is 339 Å². The maximum atomic E-state index is 2.35. The summed E-state index contributed by atoms with van der Waals surface area (Å²) in [5.41, 5.74) is 14.8. The van der Waals surface area contributed by atoms with Gasteiger partial charge in [-0.1, -0.05) is 200 Å². The van der Waals surface area contributed by atoms with Crippen molar-refractivity contribution >= 4 is 43.1 Å². The Morgan fingerprint density at radius 1 is 0.172 bits per heavy atom. The van der Waals surface area contributed by atoms with E-state index in [0.717, 1.165) is 0 Å². The van der Waals surface area contributed by atoms with Crippen molar-refractivity contribution in [3.8, 4) is 66.8 Å². The van der Waals surface area contributed by atoms with Crippen LogP contribution in [-0.4, -0.2) is 0 Å². The molecule has 0 aromatic heterocycles. The van der Waals surface area contributed by atoms with E-state index in [9.17, 15) is 0 Å². The van der Waals surface area contributed by atoms with Gasteiger partial charge < -0.3 is 0 Å². The van der Waals surface area contributed by atoms with E-state index in [1.807, 2.05) is 0 Å². The van der Waals surface area contributed by atoms with Gasteiger partial charge in [0.1, 0.15) is 0 Å². The highest BCUT2D eigenvalue weighted by Gasteiger charge is 2.14. The molecule has 0 aliphatic carbocycles. The van der Waals surface area contributed by atoms with Crippen molar-refractivity contribution in [1.82, 2.24) is 0 Å². The molecule has 0 fully saturated rings. The number of rotatable bonds is 6. The van der Waals surface area contributed by atoms with Gasteiger partial charge in [-0.05, 0) is 140 Å². The Balaban J connectivity index is 0.914. The molecule has 0 saturated carbocycles. The number of fused-ring (bicyclic) bond motifs is 5. The quantitative estimate of drug-likeness (QED) is 0.149. The van der Waals surface area contributed by atoms with Crippen LogP contribution in [0.25, 0.3) is 110 Å². The fraction of sp³-hybridized carbons (Fsp3) is 0. The minimum absolute atomic E-state index is 1.21. The van der Waals surface area contributed by atoms with Gasteiger partial charge in [0.2, 0.25) is 0 Å². The SMILES string of the molecule is c1ccc(-c2ccc3c(-c4ccccc4)c(-c4ccc5cc(-c6ccc(-c7cccc(-c8cc9ccccc9c9ccccc89)c7)cc6)ccc5c4)ccc3c2)cc1. The van der Waals surface area contributed by atoms with E-state index in [-0.39, 0.29) is 0 Å². The molecule has 11 rings (SSSR count). The topological polar surface area (TPSA) is 0 Å². The summed E-state index contributed by atoms with van der Waals surface area (Å²) in [7, 11) is 0. The van der Waals surface area contributed by atoms with E-state index in [1.54, 1.807) is 0 Å². The molecule has 0 nitrogen and oxygen atoms in total. The largest absolute Gasteiger partial charge is 0.0622 e. The zero-order chi connectivity index (χ0) is 38.4. The lowest BCUT2D eigenvalue weighted by molar-refractivity contribution is 1.59. The molecule has 0 spiro atoms. The minimum Gasteiger partial charge on any atom is -0.0622 e. The summed E-state index contributed by atoms with van der Waals surface area (Å²) in [4.78, 5) is 0. The smallest absolute Gasteiger partial charge is 0.00268 e. The minimum atomic E-state index is 1.21. The molecule has 0 radical (unpaired) electrons. The predicted molar refractivity (Wildman–Crippen MR) is 249 cm³/mol. The first-order valence-electron chi connectivity index (χ1n) is 20.1. The number of hydrogen-bond acceptors (Lipinski definition) is 0. The van der Waals surface area contributed by atoms with Gasteiger partial charge in [-0.25, -0.2) is 0 Å². The molecule has 270 valence electrons. The molecule has 0 aliphatic rings. The zero-order valence-corrected chi connectivity index (χ0v) is 31.9. The second-order valence-electron chi connectivity index (χ2n) is 15.3. The van der Waals surface area contributed by atoms with Crippen molar-refractivity contribution in [2.75, 3.05) is 0 Å². The molecule has 0 aliphatic heterocycles. The van der Waals surface area contributed by atoms with Crippen molar-refractivity contribution < 1.29 is 0 Å². The van der Waals surface area contributed by atoms with Crippen LogP contribution in [0.1, 0.15) is 0 Å². The van der Waals surface area contributed by atoms with Crippen LogP contribution in [0.2, 0.25) is 0 Å². The van der Waals surface area contributed by atoms with Crippen LogP contribution in [0.15, 0.2) is 231 Å². The van der Waals surface area contributed by atoms with Crippen LogP contribution in [0, 0.1) is 0 Å². The average molecular weight is 735 g/mol. The summed E-state index contributed by atoms with van der Waals surface area (Å²) in [6, 6.07) is 84.5. The second kappa shape index (κ2) is 14.2. The lowest BCUT2D eigenvalue weighted by Gasteiger charge is -2.16. The molecular weight excluding hydrogens is 697 g/mol. The molecule has 11 aromatic rings. The zero-order valence-electron chi connectivity index (χ0n) is 31.9. The summed E-state index contributed by atoms with van der Waals surface area (Å²) in [5, 5.41) is 10.1. The summed E-state index contributed by atoms with van der Waals surface area (Å²) < 4.78 is 0. The Morgan fingerprint density at radius 3 is 1.36 bits per heavy atom. The maximum absolute atomic E-state index is 2.35. The molecule has 0 heteroatoms. The number of benzene rings is 11. The lowest BCUT2D eigenvalue weighted by atomic mass is 9.88. The normalized spacial score (nSPS) is 11.4. The first-order valence-corrected chi connectivity index (χ1v) is 20.1. The van der Waals surface area contributed by atoms with Crippen molar-refractivity contribution in [1.29, 1.82) is 0 Å². The fourth-order valence-corrected chi connectivity index (χ4v) is 8.90. The molecule has 0 N–H and O–H groups in total. The van der Waals surface area contributed by atoms with Crippen LogP contribution in [0.4, 0.5) is 0 Å². The highest BCUT2D eigenvalue weighted by molar-refractivity contribution is 6.14. The molecule has 0 saturated heterocycles. The van der Waals surface area contributed by atoms with Crippen molar-refractivity contribution in [3.05, 3.63) is 231 Å². The molecule has 0 heterocycles. The Morgan fingerprint density at radius 2 is 0.621 bits per heavy atom. The predicted octanol–water partition coefficient (Wildman–Crippen LogP) is 16.3. The third-order valence-electron chi connectivity index (χ3n) is 11.8. The molecular formula is C58H38. The van der Waals surface area contributed by atoms with Gasteiger partial charge >= 0.3 is 0 Å². The average Bonchev–Trinajstić information content (AvgIpc) is 3.31. The molecule has 0 atom stereocenters. The van der Waals surface area contributed by atoms with Gasteiger partial charge in [0.15, 0.2) is 0 Å². The standard InChI is InChI=1S/C58H38/c1-3-12-39(13-4-1)45-30-32-53-51(36-45)31-33-54(58(53)42-14-5-2-6-15-42)50-29-28-46-34-44(26-27-47(46)37-50)41-24-22-40(23-25-41)43-17-11-18-48(35-43)57-38-49-16-7-8-19-52(49)55-20-9-10-21-56(55)57/h1-38H. The van der Waals surface area contributed by atoms with Crippen LogP contribution in [0.5, 0.6) is 0 Å². The molecule has 11 aromatic carbocycles. The van der Waals surface area contributed by atoms with Crippen molar-refractivity contribution in [2.24, 2.45) is 0 Å². The van der Waals surface area contributed by atoms with E-state index in [4.69, 9.17) is 0 Å². The number of hydrogen-bond donors (Lipinski definition) is 0. The van der Waals surface area contributed by atoms with E-state index < -0.39 is 0 Å². The first-order chi connectivity index (χ1) is 28.7. The summed E-state index contributed by atoms with van der Waals surface area (Å²) in [6.45, 7) is 0. The summed E-state index contributed by atoms with van der Waals surface area (Å²) in [5.74, 6) is 0.